The molecule has 3 aromatic rings. The number of aryl methyl sites for hydroxylation is 1. The molecule has 0 saturated heterocycles. The molecule has 0 aliphatic carbocycles. The zero-order chi connectivity index (χ0) is 18.4. The molecule has 3 rings (SSSR count). The fourth-order valence-electron chi connectivity index (χ4n) is 2.63. The zero-order valence-electron chi connectivity index (χ0n) is 12.9. The number of nitrogens with zero attached hydrogens (tertiary/aromatic N) is 2. The lowest BCUT2D eigenvalue weighted by Crippen LogP contribution is -2.07. The highest BCUT2D eigenvalue weighted by atomic mass is 19.4. The van der Waals surface area contributed by atoms with E-state index in [0.717, 1.165) is 18.2 Å². The van der Waals surface area contributed by atoms with Crippen LogP contribution in [0, 0.1) is 12.7 Å². The van der Waals surface area contributed by atoms with Gasteiger partial charge in [-0.1, -0.05) is 6.07 Å². The molecule has 0 aliphatic rings. The average Bonchev–Trinajstić information content (AvgIpc) is 2.87. The van der Waals surface area contributed by atoms with Crippen molar-refractivity contribution in [3.63, 3.8) is 0 Å². The van der Waals surface area contributed by atoms with Crippen LogP contribution in [-0.2, 0) is 12.7 Å². The SMILES string of the molecule is Cc1cc(F)ccc1Cn1nc(C(=O)O)c2ccc(C(F)(F)F)cc21. The van der Waals surface area contributed by atoms with Crippen LogP contribution in [0.3, 0.4) is 0 Å². The number of aromatic carboxylic acids is 1. The Morgan fingerprint density at radius 3 is 2.52 bits per heavy atom. The van der Waals surface area contributed by atoms with Gasteiger partial charge in [-0.05, 0) is 48.4 Å². The van der Waals surface area contributed by atoms with Crippen LogP contribution in [-0.4, -0.2) is 20.9 Å². The molecule has 25 heavy (non-hydrogen) atoms. The first kappa shape index (κ1) is 16.9. The van der Waals surface area contributed by atoms with Crippen molar-refractivity contribution in [1.29, 1.82) is 0 Å². The molecule has 8 heteroatoms. The minimum absolute atomic E-state index is 0.0250. The van der Waals surface area contributed by atoms with E-state index in [9.17, 15) is 27.5 Å². The lowest BCUT2D eigenvalue weighted by atomic mass is 10.1. The fourth-order valence-corrected chi connectivity index (χ4v) is 2.63. The van der Waals surface area contributed by atoms with Crippen LogP contribution in [0.5, 0.6) is 0 Å². The van der Waals surface area contributed by atoms with Gasteiger partial charge in [0.25, 0.3) is 0 Å². The van der Waals surface area contributed by atoms with Crippen LogP contribution in [0.1, 0.15) is 27.2 Å². The van der Waals surface area contributed by atoms with Gasteiger partial charge in [0.2, 0.25) is 0 Å². The number of carbonyl (C=O) groups is 1. The van der Waals surface area contributed by atoms with Crippen molar-refractivity contribution in [3.05, 3.63) is 64.6 Å². The number of carboxylic acids is 1. The molecule has 0 fully saturated rings. The first-order valence-electron chi connectivity index (χ1n) is 7.23. The van der Waals surface area contributed by atoms with Gasteiger partial charge in [0.15, 0.2) is 5.69 Å². The van der Waals surface area contributed by atoms with E-state index in [0.29, 0.717) is 11.1 Å². The maximum atomic E-state index is 13.2. The standard InChI is InChI=1S/C17H12F4N2O2/c1-9-6-12(18)4-2-10(9)8-23-14-7-11(17(19,20)21)3-5-13(14)15(22-23)16(24)25/h2-7H,8H2,1H3,(H,24,25). The first-order chi connectivity index (χ1) is 11.7. The predicted molar refractivity (Wildman–Crippen MR) is 81.9 cm³/mol. The number of benzene rings is 2. The Bertz CT molecular complexity index is 977. The highest BCUT2D eigenvalue weighted by Gasteiger charge is 2.31. The Morgan fingerprint density at radius 1 is 1.20 bits per heavy atom. The molecule has 1 N–H and O–H groups in total. The number of fused-ring (bicyclic) bond motifs is 1. The number of halogens is 4. The molecule has 1 heterocycles. The topological polar surface area (TPSA) is 55.1 Å². The zero-order valence-corrected chi connectivity index (χ0v) is 12.9. The number of hydrogen-bond donors (Lipinski definition) is 1. The molecule has 1 aromatic heterocycles. The van der Waals surface area contributed by atoms with E-state index in [-0.39, 0.29) is 23.1 Å². The van der Waals surface area contributed by atoms with Crippen LogP contribution in [0.25, 0.3) is 10.9 Å². The second kappa shape index (κ2) is 5.87. The maximum Gasteiger partial charge on any atom is 0.416 e. The summed E-state index contributed by atoms with van der Waals surface area (Å²) in [6.45, 7) is 1.68. The predicted octanol–water partition coefficient (Wildman–Crippen LogP) is 4.25. The van der Waals surface area contributed by atoms with Crippen molar-refractivity contribution in [2.24, 2.45) is 0 Å². The van der Waals surface area contributed by atoms with Gasteiger partial charge in [-0.3, -0.25) is 4.68 Å². The second-order valence-electron chi connectivity index (χ2n) is 5.61. The summed E-state index contributed by atoms with van der Waals surface area (Å²) in [5.41, 5.74) is 0.0426. The second-order valence-corrected chi connectivity index (χ2v) is 5.61. The highest BCUT2D eigenvalue weighted by Crippen LogP contribution is 2.32. The summed E-state index contributed by atoms with van der Waals surface area (Å²) in [6.07, 6.45) is -4.56. The maximum absolute atomic E-state index is 13.2. The molecule has 0 aliphatic heterocycles. The van der Waals surface area contributed by atoms with E-state index < -0.39 is 23.5 Å². The van der Waals surface area contributed by atoms with Gasteiger partial charge in [-0.2, -0.15) is 18.3 Å². The van der Waals surface area contributed by atoms with Crippen LogP contribution in [0.2, 0.25) is 0 Å². The van der Waals surface area contributed by atoms with Gasteiger partial charge >= 0.3 is 12.1 Å². The summed E-state index contributed by atoms with van der Waals surface area (Å²) >= 11 is 0. The van der Waals surface area contributed by atoms with Gasteiger partial charge in [-0.25, -0.2) is 9.18 Å². The van der Waals surface area contributed by atoms with E-state index in [1.807, 2.05) is 0 Å². The third kappa shape index (κ3) is 3.19. The molecular formula is C17H12F4N2O2. The summed E-state index contributed by atoms with van der Waals surface area (Å²) in [5, 5.41) is 13.3. The summed E-state index contributed by atoms with van der Waals surface area (Å²) in [5.74, 6) is -1.77. The van der Waals surface area contributed by atoms with Crippen LogP contribution >= 0.6 is 0 Å². The number of alkyl halides is 3. The van der Waals surface area contributed by atoms with Gasteiger partial charge in [0, 0.05) is 5.39 Å². The van der Waals surface area contributed by atoms with E-state index in [4.69, 9.17) is 0 Å². The fraction of sp³-hybridized carbons (Fsp3) is 0.176. The van der Waals surface area contributed by atoms with Crippen LogP contribution in [0.15, 0.2) is 36.4 Å². The smallest absolute Gasteiger partial charge is 0.416 e. The van der Waals surface area contributed by atoms with Gasteiger partial charge in [0.05, 0.1) is 17.6 Å². The molecule has 0 radical (unpaired) electrons. The van der Waals surface area contributed by atoms with E-state index in [1.165, 1.54) is 22.9 Å². The third-order valence-corrected chi connectivity index (χ3v) is 3.91. The molecule has 130 valence electrons. The summed E-state index contributed by atoms with van der Waals surface area (Å²) < 4.78 is 53.3. The summed E-state index contributed by atoms with van der Waals surface area (Å²) in [4.78, 5) is 11.3. The molecule has 0 amide bonds. The van der Waals surface area contributed by atoms with Crippen molar-refractivity contribution in [2.45, 2.75) is 19.6 Å². The largest absolute Gasteiger partial charge is 0.476 e. The summed E-state index contributed by atoms with van der Waals surface area (Å²) in [7, 11) is 0. The minimum Gasteiger partial charge on any atom is -0.476 e. The Morgan fingerprint density at radius 2 is 1.92 bits per heavy atom. The highest BCUT2D eigenvalue weighted by molar-refractivity contribution is 6.01. The Balaban J connectivity index is 2.17. The van der Waals surface area contributed by atoms with Gasteiger partial charge in [-0.15, -0.1) is 0 Å². The molecule has 0 atom stereocenters. The monoisotopic (exact) mass is 352 g/mol. The summed E-state index contributed by atoms with van der Waals surface area (Å²) in [6, 6.07) is 6.81. The Kier molecular flexibility index (Phi) is 3.98. The molecule has 0 unspecified atom stereocenters. The lowest BCUT2D eigenvalue weighted by molar-refractivity contribution is -0.137. The molecule has 0 spiro atoms. The van der Waals surface area contributed by atoms with Crippen molar-refractivity contribution in [3.8, 4) is 0 Å². The van der Waals surface area contributed by atoms with Crippen LogP contribution < -0.4 is 0 Å². The van der Waals surface area contributed by atoms with Gasteiger partial charge < -0.3 is 5.11 Å². The average molecular weight is 352 g/mol. The van der Waals surface area contributed by atoms with Crippen LogP contribution in [0.4, 0.5) is 17.6 Å². The molecule has 0 saturated carbocycles. The number of carboxylic acid groups (broad SMARTS) is 1. The molecular weight excluding hydrogens is 340 g/mol. The quantitative estimate of drug-likeness (QED) is 0.717. The molecule has 2 aromatic carbocycles. The third-order valence-electron chi connectivity index (χ3n) is 3.91. The van der Waals surface area contributed by atoms with E-state index in [2.05, 4.69) is 5.10 Å². The number of rotatable bonds is 3. The van der Waals surface area contributed by atoms with Crippen molar-refractivity contribution in [1.82, 2.24) is 9.78 Å². The minimum atomic E-state index is -4.56. The lowest BCUT2D eigenvalue weighted by Gasteiger charge is -2.09. The first-order valence-corrected chi connectivity index (χ1v) is 7.23. The number of hydrogen-bond acceptors (Lipinski definition) is 2. The Hall–Kier alpha value is -2.90. The molecule has 4 nitrogen and oxygen atoms in total. The van der Waals surface area contributed by atoms with Gasteiger partial charge in [0.1, 0.15) is 5.82 Å². The van der Waals surface area contributed by atoms with Crippen molar-refractivity contribution in [2.75, 3.05) is 0 Å². The van der Waals surface area contributed by atoms with E-state index >= 15 is 0 Å². The normalized spacial score (nSPS) is 11.9. The number of aromatic nitrogens is 2. The Labute approximate surface area is 139 Å². The van der Waals surface area contributed by atoms with E-state index in [1.54, 1.807) is 6.92 Å². The molecule has 0 bridgehead atoms. The van der Waals surface area contributed by atoms with Crippen molar-refractivity contribution >= 4 is 16.9 Å². The van der Waals surface area contributed by atoms with Crippen molar-refractivity contribution < 1.29 is 27.5 Å².